The summed E-state index contributed by atoms with van der Waals surface area (Å²) in [5.74, 6) is -0.186. The SMILES string of the molecule is Cc1cccc(N2CCN(C(=O)Cn3nc(C(=O)N4CC[C@H]([NH3+])[C@@H](F)C4)c4c3CCC4)CC2)c1C. The molecule has 1 aliphatic carbocycles. The Morgan fingerprint density at radius 3 is 2.60 bits per heavy atom. The van der Waals surface area contributed by atoms with E-state index in [2.05, 4.69) is 47.8 Å². The van der Waals surface area contributed by atoms with Gasteiger partial charge >= 0.3 is 0 Å². The number of hydrogen-bond acceptors (Lipinski definition) is 4. The fourth-order valence-electron chi connectivity index (χ4n) is 5.60. The van der Waals surface area contributed by atoms with Gasteiger partial charge in [-0.3, -0.25) is 14.3 Å². The Bertz CT molecular complexity index is 1120. The number of aromatic nitrogens is 2. The second-order valence-electron chi connectivity index (χ2n) is 10.2. The first kappa shape index (κ1) is 23.8. The topological polar surface area (TPSA) is 89.3 Å². The molecule has 0 radical (unpaired) electrons. The summed E-state index contributed by atoms with van der Waals surface area (Å²) in [5, 5.41) is 4.60. The summed E-state index contributed by atoms with van der Waals surface area (Å²) in [6.07, 6.45) is 2.00. The number of hydrogen-bond donors (Lipinski definition) is 1. The molecular formula is C26H36FN6O2+. The minimum absolute atomic E-state index is 0.0310. The highest BCUT2D eigenvalue weighted by atomic mass is 19.1. The first-order chi connectivity index (χ1) is 16.8. The largest absolute Gasteiger partial charge is 0.368 e. The lowest BCUT2D eigenvalue weighted by molar-refractivity contribution is -0.437. The van der Waals surface area contributed by atoms with Crippen LogP contribution in [-0.2, 0) is 24.2 Å². The maximum Gasteiger partial charge on any atom is 0.274 e. The van der Waals surface area contributed by atoms with E-state index in [0.717, 1.165) is 43.6 Å². The number of piperazine rings is 1. The number of likely N-dealkylation sites (tertiary alicyclic amines) is 1. The van der Waals surface area contributed by atoms with Crippen molar-refractivity contribution in [1.29, 1.82) is 0 Å². The van der Waals surface area contributed by atoms with Crippen LogP contribution in [0.1, 0.15) is 45.7 Å². The number of aryl methyl sites for hydroxylation is 1. The molecule has 2 aliphatic heterocycles. The van der Waals surface area contributed by atoms with Gasteiger partial charge in [0.15, 0.2) is 11.9 Å². The highest BCUT2D eigenvalue weighted by Crippen LogP contribution is 2.28. The normalized spacial score (nSPS) is 22.5. The Balaban J connectivity index is 1.25. The molecule has 9 heteroatoms. The molecule has 2 amide bonds. The average Bonchev–Trinajstić information content (AvgIpc) is 3.46. The zero-order valence-corrected chi connectivity index (χ0v) is 20.8. The van der Waals surface area contributed by atoms with E-state index in [1.165, 1.54) is 16.8 Å². The van der Waals surface area contributed by atoms with Crippen LogP contribution in [0.25, 0.3) is 0 Å². The lowest BCUT2D eigenvalue weighted by Crippen LogP contribution is -2.70. The molecule has 2 atom stereocenters. The molecule has 5 rings (SSSR count). The Morgan fingerprint density at radius 2 is 1.86 bits per heavy atom. The molecule has 2 saturated heterocycles. The maximum absolute atomic E-state index is 14.2. The standard InChI is InChI=1S/C26H35FN6O2/c1-17-5-3-7-22(18(17)2)30-11-13-31(14-12-30)24(34)16-33-23-8-4-6-19(23)25(29-33)26(35)32-10-9-21(28)20(27)15-32/h3,5,7,20-21H,4,6,8-16,28H2,1-2H3/p+1/t20-,21-/m0/s1. The zero-order chi connectivity index (χ0) is 24.7. The van der Waals surface area contributed by atoms with Gasteiger partial charge in [0, 0.05) is 56.1 Å². The molecule has 0 bridgehead atoms. The lowest BCUT2D eigenvalue weighted by Gasteiger charge is -2.37. The maximum atomic E-state index is 14.2. The van der Waals surface area contributed by atoms with Gasteiger partial charge in [-0.25, -0.2) is 4.39 Å². The number of quaternary nitrogens is 1. The summed E-state index contributed by atoms with van der Waals surface area (Å²) in [6, 6.07) is 6.09. The van der Waals surface area contributed by atoms with Gasteiger partial charge in [0.25, 0.3) is 5.91 Å². The van der Waals surface area contributed by atoms with E-state index in [1.54, 1.807) is 9.58 Å². The Kier molecular flexibility index (Phi) is 6.53. The van der Waals surface area contributed by atoms with Gasteiger partial charge in [-0.2, -0.15) is 5.10 Å². The Morgan fingerprint density at radius 1 is 1.09 bits per heavy atom. The molecular weight excluding hydrogens is 447 g/mol. The van der Waals surface area contributed by atoms with Crippen LogP contribution in [0.4, 0.5) is 10.1 Å². The summed E-state index contributed by atoms with van der Waals surface area (Å²) >= 11 is 0. The van der Waals surface area contributed by atoms with Crippen molar-refractivity contribution < 1.29 is 19.7 Å². The van der Waals surface area contributed by atoms with Gasteiger partial charge in [-0.15, -0.1) is 0 Å². The van der Waals surface area contributed by atoms with Crippen LogP contribution in [0.3, 0.4) is 0 Å². The monoisotopic (exact) mass is 483 g/mol. The van der Waals surface area contributed by atoms with Crippen molar-refractivity contribution >= 4 is 17.5 Å². The molecule has 3 N–H and O–H groups in total. The number of anilines is 1. The third kappa shape index (κ3) is 4.53. The van der Waals surface area contributed by atoms with E-state index in [0.29, 0.717) is 31.7 Å². The number of halogens is 1. The predicted molar refractivity (Wildman–Crippen MR) is 131 cm³/mol. The van der Waals surface area contributed by atoms with Crippen LogP contribution in [-0.4, -0.2) is 82.9 Å². The summed E-state index contributed by atoms with van der Waals surface area (Å²) in [7, 11) is 0. The molecule has 188 valence electrons. The molecule has 0 spiro atoms. The van der Waals surface area contributed by atoms with Crippen LogP contribution in [0, 0.1) is 13.8 Å². The van der Waals surface area contributed by atoms with E-state index in [9.17, 15) is 14.0 Å². The van der Waals surface area contributed by atoms with Crippen LogP contribution < -0.4 is 10.6 Å². The number of carbonyl (C=O) groups excluding carboxylic acids is 2. The van der Waals surface area contributed by atoms with Crippen molar-refractivity contribution in [2.24, 2.45) is 0 Å². The minimum Gasteiger partial charge on any atom is -0.368 e. The van der Waals surface area contributed by atoms with Crippen LogP contribution in [0.2, 0.25) is 0 Å². The number of piperidine rings is 1. The minimum atomic E-state index is -1.10. The molecule has 8 nitrogen and oxygen atoms in total. The second kappa shape index (κ2) is 9.60. The molecule has 1 aromatic carbocycles. The third-order valence-corrected chi connectivity index (χ3v) is 8.01. The first-order valence-corrected chi connectivity index (χ1v) is 12.8. The van der Waals surface area contributed by atoms with Gasteiger partial charge < -0.3 is 20.4 Å². The third-order valence-electron chi connectivity index (χ3n) is 8.01. The van der Waals surface area contributed by atoms with E-state index in [-0.39, 0.29) is 30.9 Å². The highest BCUT2D eigenvalue weighted by Gasteiger charge is 2.36. The van der Waals surface area contributed by atoms with Gasteiger partial charge in [0.1, 0.15) is 12.6 Å². The molecule has 1 aromatic heterocycles. The van der Waals surface area contributed by atoms with Crippen molar-refractivity contribution in [2.75, 3.05) is 44.2 Å². The number of rotatable bonds is 4. The summed E-state index contributed by atoms with van der Waals surface area (Å²) < 4.78 is 15.9. The Labute approximate surface area is 205 Å². The van der Waals surface area contributed by atoms with Crippen molar-refractivity contribution in [3.63, 3.8) is 0 Å². The molecule has 35 heavy (non-hydrogen) atoms. The number of nitrogens with zero attached hydrogens (tertiary/aromatic N) is 5. The van der Waals surface area contributed by atoms with Crippen molar-refractivity contribution in [2.45, 2.75) is 58.3 Å². The van der Waals surface area contributed by atoms with Gasteiger partial charge in [0.05, 0.1) is 6.54 Å². The highest BCUT2D eigenvalue weighted by molar-refractivity contribution is 5.94. The summed E-state index contributed by atoms with van der Waals surface area (Å²) in [6.45, 7) is 7.90. The fraction of sp³-hybridized carbons (Fsp3) is 0.577. The van der Waals surface area contributed by atoms with Crippen LogP contribution in [0.15, 0.2) is 18.2 Å². The van der Waals surface area contributed by atoms with Gasteiger partial charge in [-0.05, 0) is 50.3 Å². The first-order valence-electron chi connectivity index (χ1n) is 12.8. The molecule has 3 aliphatic rings. The number of carbonyl (C=O) groups is 2. The van der Waals surface area contributed by atoms with E-state index in [4.69, 9.17) is 0 Å². The predicted octanol–water partition coefficient (Wildman–Crippen LogP) is 1.13. The van der Waals surface area contributed by atoms with Gasteiger partial charge in [0.2, 0.25) is 5.91 Å². The number of fused-ring (bicyclic) bond motifs is 1. The molecule has 0 unspecified atom stereocenters. The van der Waals surface area contributed by atoms with Crippen molar-refractivity contribution in [3.8, 4) is 0 Å². The van der Waals surface area contributed by atoms with Crippen LogP contribution in [0.5, 0.6) is 0 Å². The smallest absolute Gasteiger partial charge is 0.274 e. The number of benzene rings is 1. The summed E-state index contributed by atoms with van der Waals surface area (Å²) in [4.78, 5) is 32.2. The summed E-state index contributed by atoms with van der Waals surface area (Å²) in [5.41, 5.74) is 9.97. The molecule has 3 heterocycles. The van der Waals surface area contributed by atoms with Crippen LogP contribution >= 0.6 is 0 Å². The number of alkyl halides is 1. The lowest BCUT2D eigenvalue weighted by atomic mass is 10.0. The molecule has 2 fully saturated rings. The van der Waals surface area contributed by atoms with Crippen molar-refractivity contribution in [1.82, 2.24) is 19.6 Å². The van der Waals surface area contributed by atoms with E-state index >= 15 is 0 Å². The molecule has 0 saturated carbocycles. The van der Waals surface area contributed by atoms with E-state index < -0.39 is 6.17 Å². The zero-order valence-electron chi connectivity index (χ0n) is 20.8. The van der Waals surface area contributed by atoms with E-state index in [1.807, 2.05) is 4.90 Å². The Hall–Kier alpha value is -2.94. The van der Waals surface area contributed by atoms with Gasteiger partial charge in [-0.1, -0.05) is 12.1 Å². The fourth-order valence-corrected chi connectivity index (χ4v) is 5.60. The molecule has 2 aromatic rings. The second-order valence-corrected chi connectivity index (χ2v) is 10.2. The quantitative estimate of drug-likeness (QED) is 0.706. The van der Waals surface area contributed by atoms with Crippen molar-refractivity contribution in [3.05, 3.63) is 46.3 Å². The number of amides is 2. The average molecular weight is 484 g/mol.